The van der Waals surface area contributed by atoms with Crippen LogP contribution >= 0.6 is 0 Å². The summed E-state index contributed by atoms with van der Waals surface area (Å²) in [6, 6.07) is 20.1. The van der Waals surface area contributed by atoms with Gasteiger partial charge >= 0.3 is 11.0 Å². The molecular formula is C20H18F6N6O6S2. The van der Waals surface area contributed by atoms with Crippen molar-refractivity contribution in [2.75, 3.05) is 0 Å². The van der Waals surface area contributed by atoms with Crippen LogP contribution < -0.4 is 9.36 Å². The summed E-state index contributed by atoms with van der Waals surface area (Å²) in [5.74, 6) is 0. The van der Waals surface area contributed by atoms with Crippen molar-refractivity contribution in [3.05, 3.63) is 73.1 Å². The first-order chi connectivity index (χ1) is 18.2. The van der Waals surface area contributed by atoms with Gasteiger partial charge in [-0.15, -0.1) is 18.7 Å². The largest absolute Gasteiger partial charge is 0.741 e. The minimum absolute atomic E-state index is 0.989. The van der Waals surface area contributed by atoms with E-state index in [1.807, 2.05) is 106 Å². The molecule has 0 aliphatic heterocycles. The Kier molecular flexibility index (Phi) is 9.78. The summed E-state index contributed by atoms with van der Waals surface area (Å²) >= 11 is 0. The summed E-state index contributed by atoms with van der Waals surface area (Å²) in [5, 5.41) is 9.13. The van der Waals surface area contributed by atoms with Gasteiger partial charge in [-0.3, -0.25) is 0 Å². The van der Waals surface area contributed by atoms with Crippen LogP contribution in [0, 0.1) is 0 Å². The molecule has 0 aliphatic rings. The van der Waals surface area contributed by atoms with E-state index in [2.05, 4.69) is 10.4 Å². The first-order valence-corrected chi connectivity index (χ1v) is 13.1. The molecule has 0 saturated carbocycles. The molecule has 0 radical (unpaired) electrons. The Morgan fingerprint density at radius 3 is 1.10 bits per heavy atom. The number of para-hydroxylation sites is 2. The van der Waals surface area contributed by atoms with Crippen LogP contribution in [-0.4, -0.2) is 56.7 Å². The van der Waals surface area contributed by atoms with E-state index in [4.69, 9.17) is 25.9 Å². The lowest BCUT2D eigenvalue weighted by molar-refractivity contribution is -0.748. The van der Waals surface area contributed by atoms with Gasteiger partial charge in [0.05, 0.1) is 10.4 Å². The average Bonchev–Trinajstić information content (AvgIpc) is 3.41. The molecule has 2 aromatic heterocycles. The maximum Gasteiger partial charge on any atom is 0.485 e. The SMILES string of the molecule is C[n+]1nn(-c2ccccc2)cc1-c1cn(-c2ccccc2)n[n+]1C.O=S(=O)([O-])C(F)(F)F.O=S(=O)([O-])C(F)(F)F. The van der Waals surface area contributed by atoms with Gasteiger partial charge in [-0.25, -0.2) is 16.8 Å². The van der Waals surface area contributed by atoms with Crippen molar-refractivity contribution in [1.82, 2.24) is 19.8 Å². The molecule has 0 bridgehead atoms. The first kappa shape index (κ1) is 32.3. The Balaban J connectivity index is 0.000000290. The third-order valence-corrected chi connectivity index (χ3v) is 5.65. The van der Waals surface area contributed by atoms with E-state index in [0.717, 1.165) is 22.8 Å². The van der Waals surface area contributed by atoms with E-state index in [-0.39, 0.29) is 0 Å². The molecule has 12 nitrogen and oxygen atoms in total. The summed E-state index contributed by atoms with van der Waals surface area (Å²) in [7, 11) is -8.30. The van der Waals surface area contributed by atoms with Crippen LogP contribution in [0.25, 0.3) is 22.8 Å². The zero-order chi connectivity index (χ0) is 30.5. The van der Waals surface area contributed by atoms with E-state index in [1.54, 1.807) is 0 Å². The molecule has 0 N–H and O–H groups in total. The standard InChI is InChI=1S/C18H18N6.2CHF3O3S/c1-21-17(13-23(19-21)15-9-5-3-6-10-15)18-14-24(20-22(18)2)16-11-7-4-8-12-16;2*2-1(3,4)8(5,6)7/h3-14H,1-2H3;2*(H,5,6,7)/q+2;;/p-2. The number of nitrogens with zero attached hydrogens (tertiary/aromatic N) is 6. The van der Waals surface area contributed by atoms with Gasteiger partial charge < -0.3 is 9.11 Å². The predicted octanol–water partition coefficient (Wildman–Crippen LogP) is 1.48. The van der Waals surface area contributed by atoms with Gasteiger partial charge in [0, 0.05) is 0 Å². The van der Waals surface area contributed by atoms with Crippen LogP contribution in [0.4, 0.5) is 26.3 Å². The van der Waals surface area contributed by atoms with E-state index in [1.165, 1.54) is 0 Å². The smallest absolute Gasteiger partial charge is 0.485 e. The van der Waals surface area contributed by atoms with Gasteiger partial charge in [0.15, 0.2) is 44.0 Å². The van der Waals surface area contributed by atoms with Crippen molar-refractivity contribution < 1.29 is 61.6 Å². The molecular weight excluding hydrogens is 598 g/mol. The van der Waals surface area contributed by atoms with E-state index in [9.17, 15) is 26.3 Å². The minimum atomic E-state index is -6.09. The summed E-state index contributed by atoms with van der Waals surface area (Å²) in [4.78, 5) is 0. The fourth-order valence-electron chi connectivity index (χ4n) is 2.71. The quantitative estimate of drug-likeness (QED) is 0.145. The molecule has 0 fully saturated rings. The van der Waals surface area contributed by atoms with Crippen LogP contribution in [0.15, 0.2) is 73.1 Å². The number of alkyl halides is 6. The molecule has 40 heavy (non-hydrogen) atoms. The van der Waals surface area contributed by atoms with Crippen LogP contribution in [0.3, 0.4) is 0 Å². The lowest BCUT2D eigenvalue weighted by Gasteiger charge is -2.08. The number of aromatic nitrogens is 6. The van der Waals surface area contributed by atoms with Gasteiger partial charge in [0.1, 0.15) is 14.1 Å². The van der Waals surface area contributed by atoms with Gasteiger partial charge in [0.25, 0.3) is 0 Å². The van der Waals surface area contributed by atoms with Crippen molar-refractivity contribution in [2.45, 2.75) is 11.0 Å². The van der Waals surface area contributed by atoms with Crippen molar-refractivity contribution in [3.8, 4) is 22.8 Å². The fraction of sp³-hybridized carbons (Fsp3) is 0.200. The lowest BCUT2D eigenvalue weighted by atomic mass is 10.3. The van der Waals surface area contributed by atoms with Gasteiger partial charge in [0.2, 0.25) is 11.4 Å². The van der Waals surface area contributed by atoms with Crippen molar-refractivity contribution in [2.24, 2.45) is 14.1 Å². The predicted molar refractivity (Wildman–Crippen MR) is 120 cm³/mol. The van der Waals surface area contributed by atoms with Crippen LogP contribution in [0.5, 0.6) is 0 Å². The number of rotatable bonds is 3. The third kappa shape index (κ3) is 8.56. The summed E-state index contributed by atoms with van der Waals surface area (Å²) in [6.07, 6.45) is 4.03. The molecule has 0 amide bonds. The highest BCUT2D eigenvalue weighted by molar-refractivity contribution is 7.86. The monoisotopic (exact) mass is 616 g/mol. The number of aryl methyl sites for hydroxylation is 2. The van der Waals surface area contributed by atoms with Crippen LogP contribution in [0.2, 0.25) is 0 Å². The number of hydrogen-bond donors (Lipinski definition) is 0. The molecule has 0 unspecified atom stereocenters. The molecule has 0 aliphatic carbocycles. The molecule has 2 heterocycles. The fourth-order valence-corrected chi connectivity index (χ4v) is 2.71. The van der Waals surface area contributed by atoms with Crippen molar-refractivity contribution in [3.63, 3.8) is 0 Å². The Morgan fingerprint density at radius 1 is 0.625 bits per heavy atom. The zero-order valence-corrected chi connectivity index (χ0v) is 21.8. The normalized spacial score (nSPS) is 12.2. The second kappa shape index (κ2) is 12.1. The lowest BCUT2D eigenvalue weighted by Crippen LogP contribution is -2.39. The number of halogens is 6. The Bertz CT molecular complexity index is 1510. The summed E-state index contributed by atoms with van der Waals surface area (Å²) < 4.78 is 125. The second-order valence-corrected chi connectivity index (χ2v) is 10.2. The van der Waals surface area contributed by atoms with Crippen molar-refractivity contribution in [1.29, 1.82) is 0 Å². The van der Waals surface area contributed by atoms with Gasteiger partial charge in [-0.2, -0.15) is 26.3 Å². The highest BCUT2D eigenvalue weighted by Gasteiger charge is 2.37. The highest BCUT2D eigenvalue weighted by Crippen LogP contribution is 2.21. The Morgan fingerprint density at radius 2 is 0.875 bits per heavy atom. The molecule has 218 valence electrons. The number of hydrogen-bond acceptors (Lipinski definition) is 8. The summed E-state index contributed by atoms with van der Waals surface area (Å²) in [6.45, 7) is 0. The van der Waals surface area contributed by atoms with Crippen molar-refractivity contribution >= 4 is 20.2 Å². The molecule has 0 atom stereocenters. The Hall–Kier alpha value is -3.88. The molecule has 20 heteroatoms. The van der Waals surface area contributed by atoms with Gasteiger partial charge in [-0.05, 0) is 24.3 Å². The topological polar surface area (TPSA) is 158 Å². The molecule has 4 rings (SSSR count). The maximum atomic E-state index is 10.7. The molecule has 0 spiro atoms. The first-order valence-electron chi connectivity index (χ1n) is 10.3. The number of benzene rings is 2. The maximum absolute atomic E-state index is 10.7. The van der Waals surface area contributed by atoms with Crippen LogP contribution in [-0.2, 0) is 34.3 Å². The molecule has 0 saturated heterocycles. The van der Waals surface area contributed by atoms with Crippen LogP contribution in [0.1, 0.15) is 0 Å². The van der Waals surface area contributed by atoms with E-state index >= 15 is 0 Å². The highest BCUT2D eigenvalue weighted by atomic mass is 32.2. The molecule has 2 aromatic carbocycles. The van der Waals surface area contributed by atoms with Gasteiger partial charge in [-0.1, -0.05) is 36.4 Å². The minimum Gasteiger partial charge on any atom is -0.741 e. The average molecular weight is 617 g/mol. The zero-order valence-electron chi connectivity index (χ0n) is 20.1. The Labute approximate surface area is 222 Å². The van der Waals surface area contributed by atoms with E-state index < -0.39 is 31.3 Å². The summed E-state index contributed by atoms with van der Waals surface area (Å²) in [5.41, 5.74) is -7.26. The third-order valence-electron chi connectivity index (χ3n) is 4.52. The second-order valence-electron chi connectivity index (χ2n) is 7.41. The van der Waals surface area contributed by atoms with E-state index in [0.29, 0.717) is 0 Å². The molecule has 4 aromatic rings.